The highest BCUT2D eigenvalue weighted by Gasteiger charge is 2.14. The van der Waals surface area contributed by atoms with Gasteiger partial charge in [0.05, 0.1) is 61.5 Å². The molecule has 8 nitrogen and oxygen atoms in total. The zero-order valence-electron chi connectivity index (χ0n) is 24.3. The van der Waals surface area contributed by atoms with Crippen LogP contribution in [0, 0.1) is 11.8 Å². The third kappa shape index (κ3) is 5.12. The molecule has 6 aromatic rings. The Balaban J connectivity index is 1.41. The van der Waals surface area contributed by atoms with E-state index < -0.39 is 0 Å². The molecular weight excluding hydrogens is 560 g/mol. The van der Waals surface area contributed by atoms with E-state index in [0.717, 1.165) is 0 Å². The van der Waals surface area contributed by atoms with Crippen LogP contribution in [0.2, 0.25) is 0 Å². The van der Waals surface area contributed by atoms with Crippen LogP contribution in [0.25, 0.3) is 44.2 Å². The van der Waals surface area contributed by atoms with Gasteiger partial charge in [-0.2, -0.15) is 0 Å². The molecule has 0 atom stereocenters. The van der Waals surface area contributed by atoms with Crippen LogP contribution in [0.5, 0.6) is 23.0 Å². The number of rotatable bonds is 6. The van der Waals surface area contributed by atoms with Crippen molar-refractivity contribution in [3.05, 3.63) is 117 Å². The number of hydrogen-bond donors (Lipinski definition) is 0. The van der Waals surface area contributed by atoms with E-state index in [-0.39, 0.29) is 10.9 Å². The van der Waals surface area contributed by atoms with Gasteiger partial charge in [-0.25, -0.2) is 0 Å². The van der Waals surface area contributed by atoms with Crippen molar-refractivity contribution in [2.75, 3.05) is 28.4 Å². The molecule has 2 aromatic heterocycles. The Bertz CT molecular complexity index is 2070. The molecule has 44 heavy (non-hydrogen) atoms. The molecule has 0 aliphatic heterocycles. The van der Waals surface area contributed by atoms with Gasteiger partial charge in [0.25, 0.3) is 0 Å². The first kappa shape index (κ1) is 28.2. The smallest absolute Gasteiger partial charge is 0.200 e. The van der Waals surface area contributed by atoms with Crippen LogP contribution < -0.4 is 29.8 Å². The second kappa shape index (κ2) is 11.7. The topological polar surface area (TPSA) is 97.3 Å². The third-order valence-corrected chi connectivity index (χ3v) is 7.32. The lowest BCUT2D eigenvalue weighted by Crippen LogP contribution is -2.05. The van der Waals surface area contributed by atoms with Crippen molar-refractivity contribution in [3.8, 4) is 57.1 Å². The molecule has 0 spiro atoms. The van der Waals surface area contributed by atoms with Gasteiger partial charge in [-0.1, -0.05) is 24.0 Å². The van der Waals surface area contributed by atoms with Gasteiger partial charge < -0.3 is 27.8 Å². The summed E-state index contributed by atoms with van der Waals surface area (Å²) in [5.41, 5.74) is 3.59. The molecule has 0 bridgehead atoms. The maximum absolute atomic E-state index is 13.3. The summed E-state index contributed by atoms with van der Waals surface area (Å²) in [6.45, 7) is 0. The van der Waals surface area contributed by atoms with Gasteiger partial charge in [0.15, 0.2) is 10.9 Å². The average Bonchev–Trinajstić information content (AvgIpc) is 3.07. The maximum Gasteiger partial charge on any atom is 0.200 e. The lowest BCUT2D eigenvalue weighted by Gasteiger charge is -2.09. The number of benzene rings is 4. The summed E-state index contributed by atoms with van der Waals surface area (Å²) >= 11 is 0. The second-order valence-corrected chi connectivity index (χ2v) is 9.76. The summed E-state index contributed by atoms with van der Waals surface area (Å²) < 4.78 is 33.1. The minimum absolute atomic E-state index is 0.181. The first-order valence-corrected chi connectivity index (χ1v) is 13.5. The summed E-state index contributed by atoms with van der Waals surface area (Å²) in [4.78, 5) is 26.7. The molecule has 0 unspecified atom stereocenters. The van der Waals surface area contributed by atoms with Crippen molar-refractivity contribution < 1.29 is 27.8 Å². The number of ether oxygens (including phenoxy) is 4. The lowest BCUT2D eigenvalue weighted by molar-refractivity contribution is 0.413. The van der Waals surface area contributed by atoms with Crippen LogP contribution in [-0.2, 0) is 0 Å². The molecule has 218 valence electrons. The van der Waals surface area contributed by atoms with Crippen molar-refractivity contribution >= 4 is 21.9 Å². The Labute approximate surface area is 252 Å². The van der Waals surface area contributed by atoms with E-state index in [1.807, 2.05) is 0 Å². The summed E-state index contributed by atoms with van der Waals surface area (Å²) in [5, 5.41) is 0.871. The molecule has 0 saturated heterocycles. The van der Waals surface area contributed by atoms with Gasteiger partial charge in [-0.05, 0) is 59.7 Å². The molecule has 0 radical (unpaired) electrons. The van der Waals surface area contributed by atoms with Gasteiger partial charge in [0.1, 0.15) is 46.7 Å². The van der Waals surface area contributed by atoms with E-state index in [1.165, 1.54) is 12.5 Å². The molecule has 0 N–H and O–H groups in total. The Morgan fingerprint density at radius 2 is 0.955 bits per heavy atom. The SMILES string of the molecule is COc1ccc2c(=O)c(-c3ccc(OC)c(C#Cc4cc(-c5coc6cc(OC)ccc6c5=O)ccc4OC)c3)coc2c1. The van der Waals surface area contributed by atoms with Crippen LogP contribution in [0.1, 0.15) is 11.1 Å². The quantitative estimate of drug-likeness (QED) is 0.200. The van der Waals surface area contributed by atoms with Crippen molar-refractivity contribution in [2.24, 2.45) is 0 Å². The molecular formula is C36H26O8. The highest BCUT2D eigenvalue weighted by molar-refractivity contribution is 5.84. The first-order chi connectivity index (χ1) is 21.4. The molecule has 8 heteroatoms. The normalized spacial score (nSPS) is 10.7. The van der Waals surface area contributed by atoms with E-state index in [0.29, 0.717) is 78.3 Å². The van der Waals surface area contributed by atoms with Crippen LogP contribution in [-0.4, -0.2) is 28.4 Å². The predicted octanol–water partition coefficient (Wildman–Crippen LogP) is 6.67. The fraction of sp³-hybridized carbons (Fsp3) is 0.111. The highest BCUT2D eigenvalue weighted by atomic mass is 16.5. The Hall–Kier alpha value is -5.94. The molecule has 0 saturated carbocycles. The van der Waals surface area contributed by atoms with E-state index in [9.17, 15) is 9.59 Å². The van der Waals surface area contributed by atoms with Gasteiger partial charge in [0, 0.05) is 12.1 Å². The number of hydrogen-bond acceptors (Lipinski definition) is 8. The fourth-order valence-corrected chi connectivity index (χ4v) is 4.95. The van der Waals surface area contributed by atoms with Gasteiger partial charge in [-0.3, -0.25) is 9.59 Å². The molecule has 6 rings (SSSR count). The second-order valence-electron chi connectivity index (χ2n) is 9.76. The monoisotopic (exact) mass is 586 g/mol. The van der Waals surface area contributed by atoms with E-state index in [4.69, 9.17) is 27.8 Å². The zero-order chi connectivity index (χ0) is 30.8. The highest BCUT2D eigenvalue weighted by Crippen LogP contribution is 2.29. The largest absolute Gasteiger partial charge is 0.497 e. The van der Waals surface area contributed by atoms with Crippen LogP contribution >= 0.6 is 0 Å². The predicted molar refractivity (Wildman–Crippen MR) is 168 cm³/mol. The van der Waals surface area contributed by atoms with Gasteiger partial charge in [0.2, 0.25) is 0 Å². The van der Waals surface area contributed by atoms with E-state index in [1.54, 1.807) is 101 Å². The minimum atomic E-state index is -0.181. The van der Waals surface area contributed by atoms with Crippen LogP contribution in [0.4, 0.5) is 0 Å². The Kier molecular flexibility index (Phi) is 7.52. The summed E-state index contributed by atoms with van der Waals surface area (Å²) in [7, 11) is 6.20. The third-order valence-electron chi connectivity index (χ3n) is 7.32. The van der Waals surface area contributed by atoms with Crippen LogP contribution in [0.15, 0.2) is 104 Å². The zero-order valence-corrected chi connectivity index (χ0v) is 24.3. The molecule has 0 aliphatic rings. The van der Waals surface area contributed by atoms with Crippen molar-refractivity contribution in [3.63, 3.8) is 0 Å². The lowest BCUT2D eigenvalue weighted by atomic mass is 10.0. The summed E-state index contributed by atoms with van der Waals surface area (Å²) in [6.07, 6.45) is 2.86. The van der Waals surface area contributed by atoms with Crippen molar-refractivity contribution in [1.82, 2.24) is 0 Å². The Morgan fingerprint density at radius 3 is 1.34 bits per heavy atom. The van der Waals surface area contributed by atoms with Gasteiger partial charge in [-0.15, -0.1) is 0 Å². The molecule has 4 aromatic carbocycles. The standard InChI is InChI=1S/C36H26O8/c1-39-25-9-11-27-33(17-25)43-19-29(35(27)37)21-7-13-31(41-3)23(15-21)5-6-24-16-22(8-14-32(24)42-4)30-20-44-34-18-26(40-2)10-12-28(34)36(30)38/h7-20H,1-4H3. The average molecular weight is 587 g/mol. The minimum Gasteiger partial charge on any atom is -0.497 e. The summed E-state index contributed by atoms with van der Waals surface area (Å²) in [5.74, 6) is 8.54. The van der Waals surface area contributed by atoms with E-state index >= 15 is 0 Å². The fourth-order valence-electron chi connectivity index (χ4n) is 4.95. The number of fused-ring (bicyclic) bond motifs is 2. The molecule has 0 fully saturated rings. The van der Waals surface area contributed by atoms with E-state index in [2.05, 4.69) is 11.8 Å². The molecule has 0 amide bonds. The molecule has 2 heterocycles. The van der Waals surface area contributed by atoms with Crippen LogP contribution in [0.3, 0.4) is 0 Å². The van der Waals surface area contributed by atoms with Crippen molar-refractivity contribution in [1.29, 1.82) is 0 Å². The number of methoxy groups -OCH3 is 4. The van der Waals surface area contributed by atoms with Crippen molar-refractivity contribution in [2.45, 2.75) is 0 Å². The Morgan fingerprint density at radius 1 is 0.523 bits per heavy atom. The first-order valence-electron chi connectivity index (χ1n) is 13.5. The van der Waals surface area contributed by atoms with Gasteiger partial charge >= 0.3 is 0 Å². The molecule has 0 aliphatic carbocycles. The maximum atomic E-state index is 13.3. The summed E-state index contributed by atoms with van der Waals surface area (Å²) in [6, 6.07) is 20.7.